The van der Waals surface area contributed by atoms with Crippen molar-refractivity contribution in [3.8, 4) is 0 Å². The molecular formula is C24H28BrNO3S. The zero-order valence-corrected chi connectivity index (χ0v) is 19.8. The lowest BCUT2D eigenvalue weighted by Crippen LogP contribution is -2.44. The van der Waals surface area contributed by atoms with Crippen molar-refractivity contribution >= 4 is 31.7 Å². The smallest absolute Gasteiger partial charge is 0.215 e. The second-order valence-electron chi connectivity index (χ2n) is 9.16. The Kier molecular flexibility index (Phi) is 5.71. The first-order chi connectivity index (χ1) is 14.2. The second kappa shape index (κ2) is 7.88. The number of benzene rings is 2. The molecule has 2 aliphatic rings. The molecule has 0 N–H and O–H groups in total. The van der Waals surface area contributed by atoms with Crippen LogP contribution in [0.2, 0.25) is 0 Å². The highest BCUT2D eigenvalue weighted by Gasteiger charge is 2.68. The Morgan fingerprint density at radius 1 is 0.967 bits per heavy atom. The Morgan fingerprint density at radius 2 is 1.47 bits per heavy atom. The molecule has 4 rings (SSSR count). The van der Waals surface area contributed by atoms with E-state index in [0.717, 1.165) is 24.0 Å². The number of carbonyl (C=O) groups is 1. The van der Waals surface area contributed by atoms with E-state index < -0.39 is 20.9 Å². The molecule has 0 aliphatic heterocycles. The van der Waals surface area contributed by atoms with Gasteiger partial charge in [-0.1, -0.05) is 90.4 Å². The third-order valence-electron chi connectivity index (χ3n) is 7.46. The first-order valence-electron chi connectivity index (χ1n) is 10.4. The van der Waals surface area contributed by atoms with Crippen LogP contribution in [0, 0.1) is 16.7 Å². The van der Waals surface area contributed by atoms with Crippen molar-refractivity contribution in [2.24, 2.45) is 16.7 Å². The SMILES string of the molecule is CC12CCC(C(Br)C1=O)C2(C)CS(=O)(=O)N(Cc1ccccc1)Cc1ccccc1. The maximum absolute atomic E-state index is 13.8. The number of carbonyl (C=O) groups excluding carboxylic acids is 1. The molecule has 0 amide bonds. The Bertz CT molecular complexity index is 985. The normalized spacial score (nSPS) is 30.9. The van der Waals surface area contributed by atoms with Crippen LogP contribution >= 0.6 is 15.9 Å². The van der Waals surface area contributed by atoms with Crippen LogP contribution in [0.1, 0.15) is 37.8 Å². The number of alkyl halides is 1. The fourth-order valence-corrected chi connectivity index (χ4v) is 8.90. The summed E-state index contributed by atoms with van der Waals surface area (Å²) in [4.78, 5) is 12.6. The van der Waals surface area contributed by atoms with Gasteiger partial charge in [0, 0.05) is 18.5 Å². The quantitative estimate of drug-likeness (QED) is 0.525. The van der Waals surface area contributed by atoms with E-state index in [9.17, 15) is 13.2 Å². The molecule has 30 heavy (non-hydrogen) atoms. The Hall–Kier alpha value is -1.50. The average Bonchev–Trinajstić information content (AvgIpc) is 3.04. The molecule has 2 bridgehead atoms. The van der Waals surface area contributed by atoms with Gasteiger partial charge in [0.25, 0.3) is 0 Å². The predicted octanol–water partition coefficient (Wildman–Crippen LogP) is 4.79. The van der Waals surface area contributed by atoms with Crippen LogP contribution in [-0.2, 0) is 27.9 Å². The van der Waals surface area contributed by atoms with E-state index in [0.29, 0.717) is 13.1 Å². The van der Waals surface area contributed by atoms with E-state index in [1.807, 2.05) is 74.5 Å². The standard InChI is InChI=1S/C24H28BrNO3S/c1-23-14-13-20(21(25)22(23)27)24(23,2)17-30(28,29)26(15-18-9-5-3-6-10-18)16-19-11-7-4-8-12-19/h3-12,20-21H,13-17H2,1-2H3. The van der Waals surface area contributed by atoms with Crippen molar-refractivity contribution in [1.29, 1.82) is 0 Å². The van der Waals surface area contributed by atoms with Crippen LogP contribution < -0.4 is 0 Å². The molecule has 2 fully saturated rings. The number of fused-ring (bicyclic) bond motifs is 2. The molecule has 0 spiro atoms. The molecule has 0 aromatic heterocycles. The summed E-state index contributed by atoms with van der Waals surface area (Å²) in [7, 11) is -3.61. The van der Waals surface area contributed by atoms with E-state index >= 15 is 0 Å². The summed E-state index contributed by atoms with van der Waals surface area (Å²) in [6.07, 6.45) is 1.66. The highest BCUT2D eigenvalue weighted by atomic mass is 79.9. The van der Waals surface area contributed by atoms with Crippen molar-refractivity contribution in [3.05, 3.63) is 71.8 Å². The Balaban J connectivity index is 1.66. The maximum atomic E-state index is 13.8. The van der Waals surface area contributed by atoms with Crippen molar-refractivity contribution in [2.45, 2.75) is 44.6 Å². The summed E-state index contributed by atoms with van der Waals surface area (Å²) < 4.78 is 29.1. The van der Waals surface area contributed by atoms with Crippen LogP contribution in [-0.4, -0.2) is 29.1 Å². The van der Waals surface area contributed by atoms with Crippen LogP contribution in [0.15, 0.2) is 60.7 Å². The third kappa shape index (κ3) is 3.57. The number of ketones is 1. The highest BCUT2D eigenvalue weighted by molar-refractivity contribution is 9.10. The third-order valence-corrected chi connectivity index (χ3v) is 10.5. The van der Waals surface area contributed by atoms with Crippen molar-refractivity contribution in [1.82, 2.24) is 4.31 Å². The van der Waals surface area contributed by atoms with Gasteiger partial charge in [0.15, 0.2) is 5.78 Å². The summed E-state index contributed by atoms with van der Waals surface area (Å²) in [5.74, 6) is 0.212. The molecule has 2 aliphatic carbocycles. The van der Waals surface area contributed by atoms with Gasteiger partial charge < -0.3 is 0 Å². The minimum Gasteiger partial charge on any atom is -0.298 e. The van der Waals surface area contributed by atoms with Gasteiger partial charge in [0.05, 0.1) is 10.6 Å². The molecule has 2 aromatic carbocycles. The zero-order valence-electron chi connectivity index (χ0n) is 17.4. The molecule has 0 radical (unpaired) electrons. The summed E-state index contributed by atoms with van der Waals surface area (Å²) in [6, 6.07) is 19.4. The van der Waals surface area contributed by atoms with Crippen molar-refractivity contribution < 1.29 is 13.2 Å². The summed E-state index contributed by atoms with van der Waals surface area (Å²) in [6.45, 7) is 4.61. The van der Waals surface area contributed by atoms with Crippen molar-refractivity contribution in [2.75, 3.05) is 5.75 Å². The molecule has 2 aromatic rings. The molecular weight excluding hydrogens is 462 g/mol. The monoisotopic (exact) mass is 489 g/mol. The molecule has 4 nitrogen and oxygen atoms in total. The molecule has 4 unspecified atom stereocenters. The lowest BCUT2D eigenvalue weighted by Gasteiger charge is -2.37. The number of nitrogens with zero attached hydrogens (tertiary/aromatic N) is 1. The number of halogens is 1. The first kappa shape index (κ1) is 21.7. The zero-order chi connectivity index (χ0) is 21.6. The van der Waals surface area contributed by atoms with Crippen LogP contribution in [0.3, 0.4) is 0 Å². The van der Waals surface area contributed by atoms with Crippen molar-refractivity contribution in [3.63, 3.8) is 0 Å². The molecule has 4 atom stereocenters. The lowest BCUT2D eigenvalue weighted by molar-refractivity contribution is -0.127. The molecule has 6 heteroatoms. The van der Waals surface area contributed by atoms with Gasteiger partial charge in [0.2, 0.25) is 10.0 Å². The molecule has 0 saturated heterocycles. The second-order valence-corrected chi connectivity index (χ2v) is 12.1. The van der Waals surface area contributed by atoms with E-state index in [-0.39, 0.29) is 22.3 Å². The Morgan fingerprint density at radius 3 is 1.90 bits per heavy atom. The van der Waals surface area contributed by atoms with Gasteiger partial charge >= 0.3 is 0 Å². The minimum atomic E-state index is -3.61. The number of sulfonamides is 1. The molecule has 0 heterocycles. The van der Waals surface area contributed by atoms with Crippen LogP contribution in [0.5, 0.6) is 0 Å². The number of hydrogen-bond acceptors (Lipinski definition) is 3. The van der Waals surface area contributed by atoms with E-state index in [1.165, 1.54) is 0 Å². The summed E-state index contributed by atoms with van der Waals surface area (Å²) in [5.41, 5.74) is 0.752. The molecule has 160 valence electrons. The van der Waals surface area contributed by atoms with Crippen LogP contribution in [0.25, 0.3) is 0 Å². The fourth-order valence-electron chi connectivity index (χ4n) is 5.38. The van der Waals surface area contributed by atoms with E-state index in [1.54, 1.807) is 4.31 Å². The van der Waals surface area contributed by atoms with Gasteiger partial charge in [-0.3, -0.25) is 4.79 Å². The number of hydrogen-bond donors (Lipinski definition) is 0. The highest BCUT2D eigenvalue weighted by Crippen LogP contribution is 2.65. The predicted molar refractivity (Wildman–Crippen MR) is 123 cm³/mol. The minimum absolute atomic E-state index is 0.00528. The topological polar surface area (TPSA) is 54.5 Å². The van der Waals surface area contributed by atoms with Gasteiger partial charge in [-0.05, 0) is 35.3 Å². The van der Waals surface area contributed by atoms with Gasteiger partial charge in [-0.2, -0.15) is 4.31 Å². The summed E-state index contributed by atoms with van der Waals surface area (Å²) in [5, 5.41) is 0. The summed E-state index contributed by atoms with van der Waals surface area (Å²) >= 11 is 3.57. The van der Waals surface area contributed by atoms with Gasteiger partial charge in [-0.15, -0.1) is 0 Å². The number of Topliss-reactive ketones (excluding diaryl/α,β-unsaturated/α-hetero) is 1. The average molecular weight is 490 g/mol. The first-order valence-corrected chi connectivity index (χ1v) is 12.9. The van der Waals surface area contributed by atoms with Gasteiger partial charge in [-0.25, -0.2) is 8.42 Å². The van der Waals surface area contributed by atoms with Gasteiger partial charge in [0.1, 0.15) is 0 Å². The fraction of sp³-hybridized carbons (Fsp3) is 0.458. The van der Waals surface area contributed by atoms with Crippen LogP contribution in [0.4, 0.5) is 0 Å². The van der Waals surface area contributed by atoms with E-state index in [2.05, 4.69) is 15.9 Å². The largest absolute Gasteiger partial charge is 0.298 e. The lowest BCUT2D eigenvalue weighted by atomic mass is 9.70. The maximum Gasteiger partial charge on any atom is 0.215 e. The Labute approximate surface area is 187 Å². The molecule has 2 saturated carbocycles. The van der Waals surface area contributed by atoms with E-state index in [4.69, 9.17) is 0 Å². The number of rotatable bonds is 7.